The SMILES string of the molecule is CC1CSCC(c2ccc(-c3ccccc3)cc2)N1. The maximum Gasteiger partial charge on any atom is 0.0414 e. The standard InChI is InChI=1S/C17H19NS/c1-13-11-19-12-17(18-13)16-9-7-15(8-10-16)14-5-3-2-4-6-14/h2-10,13,17-18H,11-12H2,1H3. The quantitative estimate of drug-likeness (QED) is 0.880. The molecule has 0 saturated carbocycles. The molecule has 1 heterocycles. The van der Waals surface area contributed by atoms with Gasteiger partial charge in [-0.25, -0.2) is 0 Å². The van der Waals surface area contributed by atoms with Gasteiger partial charge in [-0.2, -0.15) is 11.8 Å². The molecule has 98 valence electrons. The van der Waals surface area contributed by atoms with Gasteiger partial charge in [-0.05, 0) is 23.6 Å². The van der Waals surface area contributed by atoms with Crippen LogP contribution in [-0.4, -0.2) is 17.5 Å². The van der Waals surface area contributed by atoms with Crippen LogP contribution in [0.15, 0.2) is 54.6 Å². The summed E-state index contributed by atoms with van der Waals surface area (Å²) >= 11 is 2.04. The van der Waals surface area contributed by atoms with Crippen LogP contribution in [-0.2, 0) is 0 Å². The summed E-state index contributed by atoms with van der Waals surface area (Å²) in [4.78, 5) is 0. The highest BCUT2D eigenvalue weighted by atomic mass is 32.2. The molecule has 0 amide bonds. The maximum atomic E-state index is 3.67. The molecule has 2 heteroatoms. The van der Waals surface area contributed by atoms with E-state index >= 15 is 0 Å². The number of rotatable bonds is 2. The first-order valence-corrected chi connectivity index (χ1v) is 7.97. The Morgan fingerprint density at radius 3 is 2.26 bits per heavy atom. The Labute approximate surface area is 119 Å². The van der Waals surface area contributed by atoms with Gasteiger partial charge in [0, 0.05) is 23.6 Å². The van der Waals surface area contributed by atoms with Crippen molar-refractivity contribution >= 4 is 11.8 Å². The molecule has 3 rings (SSSR count). The molecule has 1 aliphatic heterocycles. The zero-order chi connectivity index (χ0) is 13.1. The van der Waals surface area contributed by atoms with E-state index in [-0.39, 0.29) is 0 Å². The predicted octanol–water partition coefficient (Wildman–Crippen LogP) is 4.12. The molecule has 2 unspecified atom stereocenters. The van der Waals surface area contributed by atoms with E-state index in [1.807, 2.05) is 11.8 Å². The van der Waals surface area contributed by atoms with Gasteiger partial charge >= 0.3 is 0 Å². The number of nitrogens with one attached hydrogen (secondary N) is 1. The van der Waals surface area contributed by atoms with Crippen LogP contribution in [0.4, 0.5) is 0 Å². The van der Waals surface area contributed by atoms with Crippen LogP contribution in [0.25, 0.3) is 11.1 Å². The van der Waals surface area contributed by atoms with E-state index in [0.29, 0.717) is 12.1 Å². The van der Waals surface area contributed by atoms with Gasteiger partial charge in [0.2, 0.25) is 0 Å². The fourth-order valence-electron chi connectivity index (χ4n) is 2.53. The topological polar surface area (TPSA) is 12.0 Å². The Balaban J connectivity index is 1.79. The Morgan fingerprint density at radius 1 is 0.895 bits per heavy atom. The molecule has 19 heavy (non-hydrogen) atoms. The van der Waals surface area contributed by atoms with Gasteiger partial charge in [-0.1, -0.05) is 54.6 Å². The molecule has 0 aliphatic carbocycles. The van der Waals surface area contributed by atoms with Crippen molar-refractivity contribution in [3.63, 3.8) is 0 Å². The number of hydrogen-bond acceptors (Lipinski definition) is 2. The lowest BCUT2D eigenvalue weighted by atomic mass is 10.0. The second-order valence-corrected chi connectivity index (χ2v) is 6.22. The molecular weight excluding hydrogens is 250 g/mol. The molecule has 2 aromatic carbocycles. The molecule has 1 saturated heterocycles. The minimum Gasteiger partial charge on any atom is -0.306 e. The zero-order valence-corrected chi connectivity index (χ0v) is 12.0. The van der Waals surface area contributed by atoms with Crippen LogP contribution in [0.2, 0.25) is 0 Å². The van der Waals surface area contributed by atoms with Crippen molar-refractivity contribution in [3.05, 3.63) is 60.2 Å². The second-order valence-electron chi connectivity index (χ2n) is 5.15. The normalized spacial score (nSPS) is 23.2. The van der Waals surface area contributed by atoms with Gasteiger partial charge in [0.05, 0.1) is 0 Å². The molecule has 0 bridgehead atoms. The summed E-state index contributed by atoms with van der Waals surface area (Å²) < 4.78 is 0. The lowest BCUT2D eigenvalue weighted by molar-refractivity contribution is 0.502. The summed E-state index contributed by atoms with van der Waals surface area (Å²) in [5, 5.41) is 3.67. The molecular formula is C17H19NS. The van der Waals surface area contributed by atoms with Gasteiger partial charge in [0.15, 0.2) is 0 Å². The number of thioether (sulfide) groups is 1. The van der Waals surface area contributed by atoms with E-state index in [1.54, 1.807) is 0 Å². The van der Waals surface area contributed by atoms with Crippen molar-refractivity contribution in [2.24, 2.45) is 0 Å². The van der Waals surface area contributed by atoms with E-state index in [0.717, 1.165) is 0 Å². The maximum absolute atomic E-state index is 3.67. The molecule has 2 atom stereocenters. The van der Waals surface area contributed by atoms with Crippen LogP contribution in [0.5, 0.6) is 0 Å². The van der Waals surface area contributed by atoms with Crippen molar-refractivity contribution < 1.29 is 0 Å². The van der Waals surface area contributed by atoms with Crippen LogP contribution in [0.3, 0.4) is 0 Å². The van der Waals surface area contributed by atoms with Crippen molar-refractivity contribution in [1.82, 2.24) is 5.32 Å². The molecule has 1 N–H and O–H groups in total. The van der Waals surface area contributed by atoms with Crippen LogP contribution < -0.4 is 5.32 Å². The van der Waals surface area contributed by atoms with Crippen LogP contribution in [0.1, 0.15) is 18.5 Å². The predicted molar refractivity (Wildman–Crippen MR) is 84.5 cm³/mol. The average Bonchev–Trinajstić information content (AvgIpc) is 2.48. The summed E-state index contributed by atoms with van der Waals surface area (Å²) in [6, 6.07) is 20.6. The van der Waals surface area contributed by atoms with E-state index in [4.69, 9.17) is 0 Å². The number of hydrogen-bond donors (Lipinski definition) is 1. The molecule has 1 nitrogen and oxygen atoms in total. The van der Waals surface area contributed by atoms with E-state index in [9.17, 15) is 0 Å². The Morgan fingerprint density at radius 2 is 1.58 bits per heavy atom. The van der Waals surface area contributed by atoms with E-state index in [2.05, 4.69) is 66.8 Å². The van der Waals surface area contributed by atoms with Gasteiger partial charge in [-0.15, -0.1) is 0 Å². The van der Waals surface area contributed by atoms with Crippen molar-refractivity contribution in [2.75, 3.05) is 11.5 Å². The van der Waals surface area contributed by atoms with E-state index < -0.39 is 0 Å². The minimum absolute atomic E-state index is 0.499. The first kappa shape index (κ1) is 12.8. The third-order valence-corrected chi connectivity index (χ3v) is 4.86. The summed E-state index contributed by atoms with van der Waals surface area (Å²) in [7, 11) is 0. The fourth-order valence-corrected chi connectivity index (χ4v) is 3.64. The lowest BCUT2D eigenvalue weighted by Crippen LogP contribution is -2.37. The Bertz CT molecular complexity index is 521. The molecule has 0 spiro atoms. The van der Waals surface area contributed by atoms with Gasteiger partial charge in [-0.3, -0.25) is 0 Å². The highest BCUT2D eigenvalue weighted by Crippen LogP contribution is 2.26. The average molecular weight is 269 g/mol. The van der Waals surface area contributed by atoms with Crippen LogP contribution >= 0.6 is 11.8 Å². The molecule has 0 aromatic heterocycles. The highest BCUT2D eigenvalue weighted by molar-refractivity contribution is 7.99. The molecule has 0 radical (unpaired) electrons. The Kier molecular flexibility index (Phi) is 3.90. The first-order valence-electron chi connectivity index (χ1n) is 6.82. The zero-order valence-electron chi connectivity index (χ0n) is 11.2. The third-order valence-electron chi connectivity index (χ3n) is 3.56. The summed E-state index contributed by atoms with van der Waals surface area (Å²) in [6.07, 6.45) is 0. The second kappa shape index (κ2) is 5.81. The lowest BCUT2D eigenvalue weighted by Gasteiger charge is -2.28. The minimum atomic E-state index is 0.499. The van der Waals surface area contributed by atoms with Crippen LogP contribution in [0, 0.1) is 0 Å². The summed E-state index contributed by atoms with van der Waals surface area (Å²) in [5.74, 6) is 2.40. The van der Waals surface area contributed by atoms with Crippen molar-refractivity contribution in [3.8, 4) is 11.1 Å². The molecule has 2 aromatic rings. The monoisotopic (exact) mass is 269 g/mol. The van der Waals surface area contributed by atoms with E-state index in [1.165, 1.54) is 28.2 Å². The number of benzene rings is 2. The first-order chi connectivity index (χ1) is 9.33. The molecule has 1 fully saturated rings. The highest BCUT2D eigenvalue weighted by Gasteiger charge is 2.19. The Hall–Kier alpha value is -1.25. The van der Waals surface area contributed by atoms with Gasteiger partial charge in [0.1, 0.15) is 0 Å². The largest absolute Gasteiger partial charge is 0.306 e. The van der Waals surface area contributed by atoms with Crippen molar-refractivity contribution in [2.45, 2.75) is 19.0 Å². The van der Waals surface area contributed by atoms with Gasteiger partial charge in [0.25, 0.3) is 0 Å². The molecule has 1 aliphatic rings. The van der Waals surface area contributed by atoms with Gasteiger partial charge < -0.3 is 5.32 Å². The summed E-state index contributed by atoms with van der Waals surface area (Å²) in [5.41, 5.74) is 3.98. The fraction of sp³-hybridized carbons (Fsp3) is 0.294. The third kappa shape index (κ3) is 3.02. The summed E-state index contributed by atoms with van der Waals surface area (Å²) in [6.45, 7) is 2.26. The van der Waals surface area contributed by atoms with Crippen molar-refractivity contribution in [1.29, 1.82) is 0 Å². The smallest absolute Gasteiger partial charge is 0.0414 e.